The number of carbonyl (C=O) groups is 3. The molecule has 1 aromatic rings. The van der Waals surface area contributed by atoms with Gasteiger partial charge in [-0.3, -0.25) is 0 Å². The number of carboxylic acids is 1. The Kier molecular flexibility index (Phi) is 5.61. The number of hydrogen-bond donors (Lipinski definition) is 1. The third-order valence-corrected chi connectivity index (χ3v) is 3.68. The van der Waals surface area contributed by atoms with Crippen molar-refractivity contribution < 1.29 is 29.0 Å². The summed E-state index contributed by atoms with van der Waals surface area (Å²) in [7, 11) is 2.36. The van der Waals surface area contributed by atoms with Crippen molar-refractivity contribution >= 4 is 35.2 Å². The smallest absolute Gasteiger partial charge is 0.355 e. The zero-order valence-electron chi connectivity index (χ0n) is 13.4. The Hall–Kier alpha value is -3.06. The Labute approximate surface area is 148 Å². The molecule has 8 heteroatoms. The predicted octanol–water partition coefficient (Wildman–Crippen LogP) is 2.53. The van der Waals surface area contributed by atoms with Gasteiger partial charge in [0.1, 0.15) is 5.70 Å². The largest absolute Gasteiger partial charge is 0.478 e. The van der Waals surface area contributed by atoms with Gasteiger partial charge in [-0.25, -0.2) is 14.4 Å². The number of methoxy groups -OCH3 is 2. The van der Waals surface area contributed by atoms with E-state index in [1.165, 1.54) is 49.6 Å². The number of nitrogens with zero attached hydrogens (tertiary/aromatic N) is 1. The summed E-state index contributed by atoms with van der Waals surface area (Å²) in [6.45, 7) is 0. The van der Waals surface area contributed by atoms with Gasteiger partial charge in [0.05, 0.1) is 30.4 Å². The first kappa shape index (κ1) is 18.3. The van der Waals surface area contributed by atoms with Crippen molar-refractivity contribution in [2.24, 2.45) is 0 Å². The number of aromatic carboxylic acids is 1. The normalized spacial score (nSPS) is 13.5. The van der Waals surface area contributed by atoms with Gasteiger partial charge in [-0.05, 0) is 30.4 Å². The second kappa shape index (κ2) is 7.67. The van der Waals surface area contributed by atoms with E-state index in [9.17, 15) is 19.5 Å². The van der Waals surface area contributed by atoms with Crippen LogP contribution in [0.15, 0.2) is 53.9 Å². The van der Waals surface area contributed by atoms with E-state index >= 15 is 0 Å². The number of ether oxygens (including phenoxy) is 2. The van der Waals surface area contributed by atoms with Crippen molar-refractivity contribution in [1.29, 1.82) is 0 Å². The highest BCUT2D eigenvalue weighted by molar-refractivity contribution is 6.33. The van der Waals surface area contributed by atoms with Crippen LogP contribution < -0.4 is 4.90 Å². The molecule has 0 unspecified atom stereocenters. The van der Waals surface area contributed by atoms with Crippen LogP contribution in [-0.4, -0.2) is 37.2 Å². The van der Waals surface area contributed by atoms with Crippen molar-refractivity contribution in [1.82, 2.24) is 0 Å². The molecular weight excluding hydrogens is 350 g/mol. The van der Waals surface area contributed by atoms with E-state index in [1.54, 1.807) is 12.2 Å². The molecule has 130 valence electrons. The molecule has 0 bridgehead atoms. The number of allylic oxidation sites excluding steroid dienone is 2. The number of esters is 2. The van der Waals surface area contributed by atoms with Crippen LogP contribution in [0.25, 0.3) is 0 Å². The molecule has 2 rings (SSSR count). The van der Waals surface area contributed by atoms with Crippen LogP contribution in [0.2, 0.25) is 5.02 Å². The van der Waals surface area contributed by atoms with Crippen LogP contribution in [0.3, 0.4) is 0 Å². The highest BCUT2D eigenvalue weighted by Gasteiger charge is 2.28. The summed E-state index contributed by atoms with van der Waals surface area (Å²) in [4.78, 5) is 37.0. The van der Waals surface area contributed by atoms with Crippen LogP contribution in [0, 0.1) is 0 Å². The standard InChI is InChI=1S/C17H14ClNO6/c1-24-16(22)11-5-3-4-8-19(14(11)17(23)25-2)10-6-7-13(18)12(9-10)15(20)21/h3-9H,1-2H3,(H,20,21). The van der Waals surface area contributed by atoms with E-state index in [1.807, 2.05) is 0 Å². The Morgan fingerprint density at radius 1 is 1.08 bits per heavy atom. The minimum absolute atomic E-state index is 0.0359. The van der Waals surface area contributed by atoms with Gasteiger partial charge >= 0.3 is 17.9 Å². The summed E-state index contributed by atoms with van der Waals surface area (Å²) in [5.41, 5.74) is 0.0151. The maximum atomic E-state index is 12.3. The maximum Gasteiger partial charge on any atom is 0.355 e. The van der Waals surface area contributed by atoms with Gasteiger partial charge in [0.2, 0.25) is 0 Å². The van der Waals surface area contributed by atoms with Gasteiger partial charge in [-0.15, -0.1) is 0 Å². The van der Waals surface area contributed by atoms with Gasteiger partial charge < -0.3 is 19.5 Å². The molecule has 1 aromatic carbocycles. The molecule has 1 aliphatic heterocycles. The number of carbonyl (C=O) groups excluding carboxylic acids is 2. The first-order valence-corrected chi connectivity index (χ1v) is 7.36. The molecule has 0 spiro atoms. The third kappa shape index (κ3) is 3.72. The number of halogens is 1. The zero-order chi connectivity index (χ0) is 18.6. The Morgan fingerprint density at radius 3 is 2.36 bits per heavy atom. The monoisotopic (exact) mass is 363 g/mol. The molecule has 7 nitrogen and oxygen atoms in total. The molecular formula is C17H14ClNO6. The lowest BCUT2D eigenvalue weighted by Crippen LogP contribution is -2.27. The Bertz CT molecular complexity index is 824. The topological polar surface area (TPSA) is 93.1 Å². The molecule has 0 fully saturated rings. The molecule has 1 N–H and O–H groups in total. The van der Waals surface area contributed by atoms with Crippen molar-refractivity contribution in [2.75, 3.05) is 19.1 Å². The molecule has 1 heterocycles. The maximum absolute atomic E-state index is 12.3. The quantitative estimate of drug-likeness (QED) is 0.821. The molecule has 25 heavy (non-hydrogen) atoms. The van der Waals surface area contributed by atoms with Crippen molar-refractivity contribution in [3.8, 4) is 0 Å². The van der Waals surface area contributed by atoms with Crippen LogP contribution in [0.4, 0.5) is 5.69 Å². The second-order valence-electron chi connectivity index (χ2n) is 4.79. The average molecular weight is 364 g/mol. The van der Waals surface area contributed by atoms with Crippen LogP contribution >= 0.6 is 11.6 Å². The number of rotatable bonds is 4. The minimum atomic E-state index is -1.22. The third-order valence-electron chi connectivity index (χ3n) is 3.35. The molecule has 1 aliphatic rings. The van der Waals surface area contributed by atoms with Crippen molar-refractivity contribution in [3.05, 3.63) is 64.5 Å². The fourth-order valence-electron chi connectivity index (χ4n) is 2.19. The highest BCUT2D eigenvalue weighted by Crippen LogP contribution is 2.29. The van der Waals surface area contributed by atoms with Gasteiger partial charge in [0.25, 0.3) is 0 Å². The lowest BCUT2D eigenvalue weighted by molar-refractivity contribution is -0.139. The number of carboxylic acid groups (broad SMARTS) is 1. The summed E-state index contributed by atoms with van der Waals surface area (Å²) < 4.78 is 9.48. The van der Waals surface area contributed by atoms with Gasteiger partial charge in [-0.1, -0.05) is 17.7 Å². The first-order chi connectivity index (χ1) is 11.9. The lowest BCUT2D eigenvalue weighted by atomic mass is 10.1. The molecule has 0 saturated carbocycles. The Balaban J connectivity index is 2.69. The zero-order valence-corrected chi connectivity index (χ0v) is 14.1. The summed E-state index contributed by atoms with van der Waals surface area (Å²) >= 11 is 5.88. The molecule has 0 atom stereocenters. The Morgan fingerprint density at radius 2 is 1.76 bits per heavy atom. The fraction of sp³-hybridized carbons (Fsp3) is 0.118. The number of anilines is 1. The predicted molar refractivity (Wildman–Crippen MR) is 90.2 cm³/mol. The van der Waals surface area contributed by atoms with E-state index in [4.69, 9.17) is 21.1 Å². The fourth-order valence-corrected chi connectivity index (χ4v) is 2.39. The number of benzene rings is 1. The summed E-state index contributed by atoms with van der Waals surface area (Å²) in [6.07, 6.45) is 6.02. The van der Waals surface area contributed by atoms with Gasteiger partial charge in [-0.2, -0.15) is 0 Å². The van der Waals surface area contributed by atoms with E-state index in [2.05, 4.69) is 0 Å². The minimum Gasteiger partial charge on any atom is -0.478 e. The second-order valence-corrected chi connectivity index (χ2v) is 5.19. The average Bonchev–Trinajstić information content (AvgIpc) is 2.83. The lowest BCUT2D eigenvalue weighted by Gasteiger charge is -2.23. The SMILES string of the molecule is COC(=O)C1=C(C(=O)OC)N(c2ccc(Cl)c(C(=O)O)c2)C=CC=C1. The van der Waals surface area contributed by atoms with Crippen LogP contribution in [0.5, 0.6) is 0 Å². The first-order valence-electron chi connectivity index (χ1n) is 6.98. The van der Waals surface area contributed by atoms with E-state index in [0.29, 0.717) is 5.69 Å². The molecule has 0 amide bonds. The van der Waals surface area contributed by atoms with Crippen LogP contribution in [-0.2, 0) is 19.1 Å². The molecule has 0 radical (unpaired) electrons. The summed E-state index contributed by atoms with van der Waals surface area (Å²) in [5, 5.41) is 9.28. The van der Waals surface area contributed by atoms with Crippen molar-refractivity contribution in [2.45, 2.75) is 0 Å². The molecule has 0 saturated heterocycles. The van der Waals surface area contributed by atoms with E-state index < -0.39 is 17.9 Å². The molecule has 0 aliphatic carbocycles. The van der Waals surface area contributed by atoms with Crippen LogP contribution in [0.1, 0.15) is 10.4 Å². The highest BCUT2D eigenvalue weighted by atomic mass is 35.5. The summed E-state index contributed by atoms with van der Waals surface area (Å²) in [6, 6.07) is 4.19. The molecule has 0 aromatic heterocycles. The van der Waals surface area contributed by atoms with Gasteiger partial charge in [0, 0.05) is 11.9 Å². The van der Waals surface area contributed by atoms with Crippen molar-refractivity contribution in [3.63, 3.8) is 0 Å². The number of hydrogen-bond acceptors (Lipinski definition) is 6. The summed E-state index contributed by atoms with van der Waals surface area (Å²) in [5.74, 6) is -2.75. The van der Waals surface area contributed by atoms with E-state index in [-0.39, 0.29) is 21.9 Å². The van der Waals surface area contributed by atoms with E-state index in [0.717, 1.165) is 0 Å². The van der Waals surface area contributed by atoms with Gasteiger partial charge in [0.15, 0.2) is 0 Å².